The molecule has 1 amide bonds. The van der Waals surface area contributed by atoms with Gasteiger partial charge in [-0.15, -0.1) is 0 Å². The Balaban J connectivity index is 1.50. The molecule has 0 aliphatic carbocycles. The summed E-state index contributed by atoms with van der Waals surface area (Å²) in [5.74, 6) is 0.0720. The summed E-state index contributed by atoms with van der Waals surface area (Å²) < 4.78 is 1.04. The molecule has 0 atom stereocenters. The fourth-order valence-electron chi connectivity index (χ4n) is 3.78. The van der Waals surface area contributed by atoms with E-state index in [-0.39, 0.29) is 11.5 Å². The molecule has 0 bridgehead atoms. The SMILES string of the molecule is CSc1nc(C)c(CCC(=O)N2CCc3[nH]c4c(Br)cccc4c3C2)c(=O)[nH]1. The molecular formula is C20H21BrN4O2S. The number of aryl methyl sites for hydroxylation is 1. The number of fused-ring (bicyclic) bond motifs is 3. The number of amides is 1. The molecule has 1 aromatic carbocycles. The van der Waals surface area contributed by atoms with Gasteiger partial charge in [-0.1, -0.05) is 23.9 Å². The molecule has 146 valence electrons. The van der Waals surface area contributed by atoms with E-state index in [9.17, 15) is 9.59 Å². The minimum Gasteiger partial charge on any atom is -0.357 e. The average molecular weight is 461 g/mol. The molecule has 8 heteroatoms. The van der Waals surface area contributed by atoms with E-state index in [0.717, 1.165) is 21.8 Å². The zero-order valence-corrected chi connectivity index (χ0v) is 18.2. The van der Waals surface area contributed by atoms with Crippen LogP contribution in [0.25, 0.3) is 10.9 Å². The molecule has 6 nitrogen and oxygen atoms in total. The molecule has 1 aliphatic rings. The molecule has 28 heavy (non-hydrogen) atoms. The summed E-state index contributed by atoms with van der Waals surface area (Å²) in [5.41, 5.74) is 4.63. The van der Waals surface area contributed by atoms with E-state index in [1.165, 1.54) is 23.0 Å². The highest BCUT2D eigenvalue weighted by molar-refractivity contribution is 9.10. The summed E-state index contributed by atoms with van der Waals surface area (Å²) in [5, 5.41) is 1.76. The molecule has 0 saturated carbocycles. The summed E-state index contributed by atoms with van der Waals surface area (Å²) >= 11 is 4.99. The lowest BCUT2D eigenvalue weighted by Crippen LogP contribution is -2.36. The summed E-state index contributed by atoms with van der Waals surface area (Å²) in [4.78, 5) is 37.6. The fraction of sp³-hybridized carbons (Fsp3) is 0.350. The molecule has 2 aromatic heterocycles. The molecule has 0 unspecified atom stereocenters. The number of aromatic amines is 2. The summed E-state index contributed by atoms with van der Waals surface area (Å²) in [7, 11) is 0. The molecule has 0 saturated heterocycles. The Hall–Kier alpha value is -2.06. The number of thioether (sulfide) groups is 1. The lowest BCUT2D eigenvalue weighted by molar-refractivity contribution is -0.132. The van der Waals surface area contributed by atoms with Gasteiger partial charge >= 0.3 is 0 Å². The van der Waals surface area contributed by atoms with Gasteiger partial charge in [0.05, 0.1) is 5.52 Å². The fourth-order valence-corrected chi connectivity index (χ4v) is 4.67. The molecule has 2 N–H and O–H groups in total. The van der Waals surface area contributed by atoms with Crippen molar-refractivity contribution in [1.29, 1.82) is 0 Å². The summed E-state index contributed by atoms with van der Waals surface area (Å²) in [6, 6.07) is 6.12. The highest BCUT2D eigenvalue weighted by Gasteiger charge is 2.24. The maximum Gasteiger partial charge on any atom is 0.254 e. The highest BCUT2D eigenvalue weighted by Crippen LogP contribution is 2.32. The molecular weight excluding hydrogens is 440 g/mol. The number of nitrogens with one attached hydrogen (secondary N) is 2. The standard InChI is InChI=1S/C20H21BrN4O2S/c1-11-12(19(27)24-20(22-11)28-2)6-7-17(26)25-9-8-16-14(10-25)13-4-3-5-15(21)18(13)23-16/h3-5,23H,6-10H2,1-2H3,(H,22,24,27). The number of halogens is 1. The molecule has 3 heterocycles. The van der Waals surface area contributed by atoms with Crippen LogP contribution in [0.5, 0.6) is 0 Å². The number of H-pyrrole nitrogens is 2. The van der Waals surface area contributed by atoms with Crippen molar-refractivity contribution in [3.05, 3.63) is 55.5 Å². The second kappa shape index (κ2) is 7.75. The van der Waals surface area contributed by atoms with E-state index in [0.29, 0.717) is 42.3 Å². The number of carbonyl (C=O) groups is 1. The Morgan fingerprint density at radius 3 is 2.93 bits per heavy atom. The first-order chi connectivity index (χ1) is 13.5. The van der Waals surface area contributed by atoms with Gasteiger partial charge in [0.25, 0.3) is 5.56 Å². The first-order valence-electron chi connectivity index (χ1n) is 9.17. The minimum atomic E-state index is -0.146. The number of nitrogens with zero attached hydrogens (tertiary/aromatic N) is 2. The molecule has 3 aromatic rings. The molecule has 0 spiro atoms. The van der Waals surface area contributed by atoms with Crippen molar-refractivity contribution in [1.82, 2.24) is 19.9 Å². The van der Waals surface area contributed by atoms with Crippen molar-refractivity contribution in [3.63, 3.8) is 0 Å². The first kappa shape index (κ1) is 19.3. The predicted molar refractivity (Wildman–Crippen MR) is 115 cm³/mol. The van der Waals surface area contributed by atoms with Crippen molar-refractivity contribution < 1.29 is 4.79 Å². The summed E-state index contributed by atoms with van der Waals surface area (Å²) in [6.07, 6.45) is 3.40. The van der Waals surface area contributed by atoms with Crippen LogP contribution in [0.15, 0.2) is 32.6 Å². The Kier molecular flexibility index (Phi) is 5.33. The predicted octanol–water partition coefficient (Wildman–Crippen LogP) is 3.56. The molecule has 0 radical (unpaired) electrons. The summed E-state index contributed by atoms with van der Waals surface area (Å²) in [6.45, 7) is 3.12. The smallest absolute Gasteiger partial charge is 0.254 e. The van der Waals surface area contributed by atoms with Crippen molar-refractivity contribution in [3.8, 4) is 0 Å². The van der Waals surface area contributed by atoms with Crippen molar-refractivity contribution in [2.24, 2.45) is 0 Å². The topological polar surface area (TPSA) is 81.8 Å². The van der Waals surface area contributed by atoms with E-state index >= 15 is 0 Å². The lowest BCUT2D eigenvalue weighted by atomic mass is 10.0. The number of benzene rings is 1. The van der Waals surface area contributed by atoms with E-state index in [4.69, 9.17) is 0 Å². The Bertz CT molecular complexity index is 1120. The molecule has 1 aliphatic heterocycles. The normalized spacial score (nSPS) is 13.8. The number of carbonyl (C=O) groups excluding carboxylic acids is 1. The van der Waals surface area contributed by atoms with E-state index in [2.05, 4.69) is 36.9 Å². The van der Waals surface area contributed by atoms with E-state index in [1.807, 2.05) is 30.2 Å². The molecule has 0 fully saturated rings. The number of rotatable bonds is 4. The zero-order chi connectivity index (χ0) is 19.8. The van der Waals surface area contributed by atoms with Crippen LogP contribution < -0.4 is 5.56 Å². The van der Waals surface area contributed by atoms with Crippen molar-refractivity contribution >= 4 is 44.5 Å². The molecule has 4 rings (SSSR count). The van der Waals surface area contributed by atoms with Gasteiger partial charge in [-0.3, -0.25) is 9.59 Å². The van der Waals surface area contributed by atoms with Crippen LogP contribution in [0, 0.1) is 6.92 Å². The van der Waals surface area contributed by atoms with Crippen molar-refractivity contribution in [2.45, 2.75) is 37.9 Å². The largest absolute Gasteiger partial charge is 0.357 e. The average Bonchev–Trinajstić information content (AvgIpc) is 3.06. The van der Waals surface area contributed by atoms with Gasteiger partial charge in [-0.05, 0) is 41.6 Å². The van der Waals surface area contributed by atoms with Gasteiger partial charge in [-0.25, -0.2) is 4.98 Å². The maximum atomic E-state index is 12.8. The number of para-hydroxylation sites is 1. The van der Waals surface area contributed by atoms with Gasteiger partial charge in [0.1, 0.15) is 0 Å². The third-order valence-electron chi connectivity index (χ3n) is 5.30. The maximum absolute atomic E-state index is 12.8. The van der Waals surface area contributed by atoms with Crippen LogP contribution in [0.2, 0.25) is 0 Å². The van der Waals surface area contributed by atoms with Gasteiger partial charge in [0.15, 0.2) is 5.16 Å². The zero-order valence-electron chi connectivity index (χ0n) is 15.8. The van der Waals surface area contributed by atoms with Crippen LogP contribution in [0.3, 0.4) is 0 Å². The second-order valence-electron chi connectivity index (χ2n) is 6.95. The van der Waals surface area contributed by atoms with Crippen LogP contribution in [-0.2, 0) is 24.2 Å². The van der Waals surface area contributed by atoms with Crippen LogP contribution in [0.4, 0.5) is 0 Å². The number of hydrogen-bond acceptors (Lipinski definition) is 4. The quantitative estimate of drug-likeness (QED) is 0.460. The van der Waals surface area contributed by atoms with Crippen LogP contribution >= 0.6 is 27.7 Å². The number of aromatic nitrogens is 3. The minimum absolute atomic E-state index is 0.0720. The lowest BCUT2D eigenvalue weighted by Gasteiger charge is -2.27. The highest BCUT2D eigenvalue weighted by atomic mass is 79.9. The van der Waals surface area contributed by atoms with E-state index < -0.39 is 0 Å². The Morgan fingerprint density at radius 1 is 1.36 bits per heavy atom. The van der Waals surface area contributed by atoms with Crippen molar-refractivity contribution in [2.75, 3.05) is 12.8 Å². The number of hydrogen-bond donors (Lipinski definition) is 2. The third kappa shape index (κ3) is 3.51. The third-order valence-corrected chi connectivity index (χ3v) is 6.54. The second-order valence-corrected chi connectivity index (χ2v) is 8.60. The first-order valence-corrected chi connectivity index (χ1v) is 11.2. The van der Waals surface area contributed by atoms with Crippen LogP contribution in [0.1, 0.15) is 28.9 Å². The van der Waals surface area contributed by atoms with Gasteiger partial charge < -0.3 is 14.9 Å². The Morgan fingerprint density at radius 2 is 2.18 bits per heavy atom. The van der Waals surface area contributed by atoms with E-state index in [1.54, 1.807) is 0 Å². The monoisotopic (exact) mass is 460 g/mol. The Labute approximate surface area is 175 Å². The van der Waals surface area contributed by atoms with Crippen LogP contribution in [-0.4, -0.2) is 38.6 Å². The van der Waals surface area contributed by atoms with Gasteiger partial charge in [0, 0.05) is 58.3 Å². The van der Waals surface area contributed by atoms with Gasteiger partial charge in [0.2, 0.25) is 5.91 Å². The van der Waals surface area contributed by atoms with Gasteiger partial charge in [-0.2, -0.15) is 0 Å².